The summed E-state index contributed by atoms with van der Waals surface area (Å²) in [5, 5.41) is 10.8. The first kappa shape index (κ1) is 19.2. The molecule has 0 saturated heterocycles. The second-order valence-corrected chi connectivity index (χ2v) is 7.27. The van der Waals surface area contributed by atoms with Crippen molar-refractivity contribution in [2.24, 2.45) is 0 Å². The van der Waals surface area contributed by atoms with Crippen LogP contribution in [0.3, 0.4) is 0 Å². The van der Waals surface area contributed by atoms with Gasteiger partial charge in [0.15, 0.2) is 5.69 Å². The van der Waals surface area contributed by atoms with E-state index in [0.717, 1.165) is 42.0 Å². The predicted molar refractivity (Wildman–Crippen MR) is 112 cm³/mol. The molecule has 3 aromatic rings. The van der Waals surface area contributed by atoms with Gasteiger partial charge in [0.25, 0.3) is 5.91 Å². The highest BCUT2D eigenvalue weighted by atomic mass is 16.5. The van der Waals surface area contributed by atoms with Crippen molar-refractivity contribution in [1.82, 2.24) is 20.4 Å². The predicted octanol–water partition coefficient (Wildman–Crippen LogP) is 2.95. The van der Waals surface area contributed by atoms with Crippen LogP contribution < -0.4 is 10.1 Å². The third-order valence-electron chi connectivity index (χ3n) is 5.34. The van der Waals surface area contributed by atoms with Gasteiger partial charge in [-0.3, -0.25) is 9.89 Å². The Bertz CT molecular complexity index is 951. The number of rotatable bonds is 7. The normalized spacial score (nSPS) is 13.0. The minimum atomic E-state index is -0.0245. The van der Waals surface area contributed by atoms with Crippen molar-refractivity contribution < 1.29 is 9.53 Å². The number of ether oxygens (including phenoxy) is 1. The number of methoxy groups -OCH3 is 1. The Morgan fingerprint density at radius 3 is 2.66 bits per heavy atom. The third-order valence-corrected chi connectivity index (χ3v) is 5.34. The molecule has 2 aromatic carbocycles. The zero-order valence-corrected chi connectivity index (χ0v) is 16.6. The summed E-state index contributed by atoms with van der Waals surface area (Å²) in [6.45, 7) is 2.78. The maximum absolute atomic E-state index is 13.4. The molecule has 0 fully saturated rings. The van der Waals surface area contributed by atoms with E-state index in [9.17, 15) is 4.79 Å². The van der Waals surface area contributed by atoms with Gasteiger partial charge >= 0.3 is 0 Å². The van der Waals surface area contributed by atoms with Crippen molar-refractivity contribution in [3.05, 3.63) is 82.7 Å². The molecule has 4 rings (SSSR count). The van der Waals surface area contributed by atoms with Crippen molar-refractivity contribution >= 4 is 5.91 Å². The van der Waals surface area contributed by atoms with Gasteiger partial charge in [0.1, 0.15) is 5.75 Å². The van der Waals surface area contributed by atoms with Crippen LogP contribution in [-0.4, -0.2) is 41.2 Å². The largest absolute Gasteiger partial charge is 0.497 e. The average Bonchev–Trinajstić information content (AvgIpc) is 3.21. The molecule has 150 valence electrons. The standard InChI is InChI=1S/C23H26N4O2/c1-29-19-9-7-17(8-10-19)12-14-27(16-18-5-3-2-4-6-18)23(28)22-20-15-24-13-11-21(20)25-26-22/h2-10,24H,11-16H2,1H3,(H,25,26). The lowest BCUT2D eigenvalue weighted by Gasteiger charge is -2.23. The number of fused-ring (bicyclic) bond motifs is 1. The van der Waals surface area contributed by atoms with E-state index >= 15 is 0 Å². The van der Waals surface area contributed by atoms with Crippen LogP contribution in [0.4, 0.5) is 0 Å². The molecule has 0 atom stereocenters. The van der Waals surface area contributed by atoms with Gasteiger partial charge in [0.05, 0.1) is 7.11 Å². The van der Waals surface area contributed by atoms with E-state index in [1.165, 1.54) is 5.56 Å². The Morgan fingerprint density at radius 1 is 1.10 bits per heavy atom. The number of nitrogens with one attached hydrogen (secondary N) is 2. The zero-order valence-electron chi connectivity index (χ0n) is 16.6. The summed E-state index contributed by atoms with van der Waals surface area (Å²) in [4.78, 5) is 15.3. The van der Waals surface area contributed by atoms with Crippen LogP contribution >= 0.6 is 0 Å². The number of carbonyl (C=O) groups is 1. The van der Waals surface area contributed by atoms with E-state index in [1.807, 2.05) is 47.4 Å². The number of carbonyl (C=O) groups excluding carboxylic acids is 1. The molecule has 0 saturated carbocycles. The molecule has 6 heteroatoms. The summed E-state index contributed by atoms with van der Waals surface area (Å²) in [5.74, 6) is 0.810. The summed E-state index contributed by atoms with van der Waals surface area (Å²) in [6.07, 6.45) is 1.65. The lowest BCUT2D eigenvalue weighted by molar-refractivity contribution is 0.0737. The topological polar surface area (TPSA) is 70.2 Å². The monoisotopic (exact) mass is 390 g/mol. The van der Waals surface area contributed by atoms with Gasteiger partial charge in [0, 0.05) is 43.9 Å². The van der Waals surface area contributed by atoms with Crippen LogP contribution in [0, 0.1) is 0 Å². The van der Waals surface area contributed by atoms with E-state index in [2.05, 4.69) is 27.6 Å². The van der Waals surface area contributed by atoms with E-state index in [1.54, 1.807) is 7.11 Å². The second-order valence-electron chi connectivity index (χ2n) is 7.27. The third kappa shape index (κ3) is 4.49. The van der Waals surface area contributed by atoms with Gasteiger partial charge in [-0.2, -0.15) is 5.10 Å². The van der Waals surface area contributed by atoms with Gasteiger partial charge in [-0.05, 0) is 29.7 Å². The van der Waals surface area contributed by atoms with E-state index in [-0.39, 0.29) is 5.91 Å². The van der Waals surface area contributed by atoms with Crippen molar-refractivity contribution in [3.8, 4) is 5.75 Å². The van der Waals surface area contributed by atoms with Crippen LogP contribution in [0.1, 0.15) is 32.9 Å². The Labute approximate surface area is 170 Å². The number of hydrogen-bond donors (Lipinski definition) is 2. The van der Waals surface area contributed by atoms with Crippen molar-refractivity contribution in [3.63, 3.8) is 0 Å². The van der Waals surface area contributed by atoms with Crippen LogP contribution in [0.2, 0.25) is 0 Å². The number of amides is 1. The van der Waals surface area contributed by atoms with E-state index in [0.29, 0.717) is 25.3 Å². The number of aromatic amines is 1. The summed E-state index contributed by atoms with van der Waals surface area (Å²) < 4.78 is 5.23. The first-order chi connectivity index (χ1) is 14.2. The molecule has 1 aromatic heterocycles. The summed E-state index contributed by atoms with van der Waals surface area (Å²) in [5.41, 5.74) is 4.89. The maximum atomic E-state index is 13.4. The molecule has 2 N–H and O–H groups in total. The van der Waals surface area contributed by atoms with Crippen LogP contribution in [0.25, 0.3) is 0 Å². The minimum Gasteiger partial charge on any atom is -0.497 e. The maximum Gasteiger partial charge on any atom is 0.275 e. The molecule has 0 spiro atoms. The molecule has 6 nitrogen and oxygen atoms in total. The van der Waals surface area contributed by atoms with E-state index < -0.39 is 0 Å². The molecule has 1 amide bonds. The van der Waals surface area contributed by atoms with Gasteiger partial charge in [-0.25, -0.2) is 0 Å². The quantitative estimate of drug-likeness (QED) is 0.651. The summed E-state index contributed by atoms with van der Waals surface area (Å²) >= 11 is 0. The summed E-state index contributed by atoms with van der Waals surface area (Å²) in [7, 11) is 1.66. The fourth-order valence-electron chi connectivity index (χ4n) is 3.66. The molecule has 0 radical (unpaired) electrons. The van der Waals surface area contributed by atoms with E-state index in [4.69, 9.17) is 4.74 Å². The number of benzene rings is 2. The van der Waals surface area contributed by atoms with Crippen LogP contribution in [-0.2, 0) is 25.9 Å². The molecule has 2 heterocycles. The molecule has 0 aliphatic carbocycles. The molecule has 1 aliphatic rings. The first-order valence-corrected chi connectivity index (χ1v) is 9.97. The lowest BCUT2D eigenvalue weighted by Crippen LogP contribution is -2.34. The van der Waals surface area contributed by atoms with Gasteiger partial charge < -0.3 is 15.0 Å². The molecular weight excluding hydrogens is 364 g/mol. The molecule has 0 unspecified atom stereocenters. The van der Waals surface area contributed by atoms with Gasteiger partial charge in [-0.15, -0.1) is 0 Å². The SMILES string of the molecule is COc1ccc(CCN(Cc2ccccc2)C(=O)c2n[nH]c3c2CNCC3)cc1. The molecule has 29 heavy (non-hydrogen) atoms. The highest BCUT2D eigenvalue weighted by molar-refractivity contribution is 5.94. The van der Waals surface area contributed by atoms with Gasteiger partial charge in [-0.1, -0.05) is 42.5 Å². The zero-order chi connectivity index (χ0) is 20.1. The summed E-state index contributed by atoms with van der Waals surface area (Å²) in [6, 6.07) is 18.1. The van der Waals surface area contributed by atoms with Crippen LogP contribution in [0.5, 0.6) is 5.75 Å². The molecular formula is C23H26N4O2. The number of aromatic nitrogens is 2. The van der Waals surface area contributed by atoms with Gasteiger partial charge in [0.2, 0.25) is 0 Å². The number of H-pyrrole nitrogens is 1. The Balaban J connectivity index is 1.54. The minimum absolute atomic E-state index is 0.0245. The lowest BCUT2D eigenvalue weighted by atomic mass is 10.1. The number of hydrogen-bond acceptors (Lipinski definition) is 4. The Kier molecular flexibility index (Phi) is 5.91. The Hall–Kier alpha value is -3.12. The highest BCUT2D eigenvalue weighted by Gasteiger charge is 2.25. The molecule has 0 bridgehead atoms. The second kappa shape index (κ2) is 8.92. The highest BCUT2D eigenvalue weighted by Crippen LogP contribution is 2.19. The number of nitrogens with zero attached hydrogens (tertiary/aromatic N) is 2. The fraction of sp³-hybridized carbons (Fsp3) is 0.304. The van der Waals surface area contributed by atoms with Crippen LogP contribution in [0.15, 0.2) is 54.6 Å². The van der Waals surface area contributed by atoms with Crippen molar-refractivity contribution in [2.75, 3.05) is 20.2 Å². The fourth-order valence-corrected chi connectivity index (χ4v) is 3.66. The average molecular weight is 390 g/mol. The van der Waals surface area contributed by atoms with Crippen molar-refractivity contribution in [1.29, 1.82) is 0 Å². The Morgan fingerprint density at radius 2 is 1.90 bits per heavy atom. The molecule has 1 aliphatic heterocycles. The smallest absolute Gasteiger partial charge is 0.275 e. The van der Waals surface area contributed by atoms with Crippen molar-refractivity contribution in [2.45, 2.75) is 25.9 Å². The first-order valence-electron chi connectivity index (χ1n) is 9.97.